The van der Waals surface area contributed by atoms with Crippen LogP contribution in [0.25, 0.3) is 0 Å². The van der Waals surface area contributed by atoms with Crippen molar-refractivity contribution in [1.82, 2.24) is 10.2 Å². The number of hydrogen-bond acceptors (Lipinski definition) is 5. The zero-order valence-corrected chi connectivity index (χ0v) is 24.1. The van der Waals surface area contributed by atoms with Crippen LogP contribution in [0.4, 0.5) is 13.6 Å². The lowest BCUT2D eigenvalue weighted by Crippen LogP contribution is -2.68. The third kappa shape index (κ3) is 7.09. The second-order valence-electron chi connectivity index (χ2n) is 10.9. The second kappa shape index (κ2) is 12.6. The summed E-state index contributed by atoms with van der Waals surface area (Å²) in [6, 6.07) is 12.1. The number of carbonyl (C=O) groups excluding carboxylic acids is 1. The molecule has 0 aromatic heterocycles. The number of rotatable bonds is 14. The van der Waals surface area contributed by atoms with Crippen LogP contribution in [-0.4, -0.2) is 59.8 Å². The van der Waals surface area contributed by atoms with E-state index in [2.05, 4.69) is 5.32 Å². The minimum absolute atomic E-state index is 0.0918. The first-order valence-electron chi connectivity index (χ1n) is 14.3. The quantitative estimate of drug-likeness (QED) is 0.269. The molecular weight excluding hydrogens is 534 g/mol. The predicted molar refractivity (Wildman–Crippen MR) is 150 cm³/mol. The molecule has 0 radical (unpaired) electrons. The molecule has 2 aromatic carbocycles. The van der Waals surface area contributed by atoms with Crippen LogP contribution < -0.4 is 14.8 Å². The number of urea groups is 1. The fourth-order valence-electron chi connectivity index (χ4n) is 5.39. The van der Waals surface area contributed by atoms with Crippen molar-refractivity contribution in [2.75, 3.05) is 26.4 Å². The van der Waals surface area contributed by atoms with Crippen LogP contribution in [-0.2, 0) is 9.53 Å². The molecule has 2 fully saturated rings. The molecule has 2 saturated carbocycles. The minimum Gasteiger partial charge on any atom is -0.493 e. The molecular formula is C31H40F2N2O6. The number of nitrogens with one attached hydrogen (secondary N) is 1. The van der Waals surface area contributed by atoms with Crippen molar-refractivity contribution < 1.29 is 37.7 Å². The molecule has 2 aromatic rings. The maximum atomic E-state index is 13.8. The Bertz CT molecular complexity index is 1190. The SMILES string of the molecule is CCOc1cc([C@@H](C)N(CCO[C@@H](C)c2ccccc2)C(=O)NC2(C(=O)O)CC(F)(F)C2)cc(OCC)c1C1CC1. The Hall–Kier alpha value is -3.40. The van der Waals surface area contributed by atoms with E-state index in [4.69, 9.17) is 14.2 Å². The lowest BCUT2D eigenvalue weighted by atomic mass is 9.73. The van der Waals surface area contributed by atoms with E-state index in [1.165, 1.54) is 4.90 Å². The summed E-state index contributed by atoms with van der Waals surface area (Å²) in [6.07, 6.45) is -0.0717. The largest absolute Gasteiger partial charge is 0.493 e. The average molecular weight is 575 g/mol. The highest BCUT2D eigenvalue weighted by atomic mass is 19.3. The molecule has 0 unspecified atom stereocenters. The standard InChI is InChI=1S/C31H40F2N2O6/c1-5-39-25-16-24(17-26(40-6-2)27(25)23-12-13-23)20(3)35(14-15-41-21(4)22-10-8-7-9-11-22)29(38)34-30(28(36)37)18-31(32,33)19-30/h7-11,16-17,20-21,23H,5-6,12-15,18-19H2,1-4H3,(H,34,38)(H,36,37)/t20-,21+/m1/s1. The number of carboxylic acids is 1. The summed E-state index contributed by atoms with van der Waals surface area (Å²) in [5.74, 6) is -2.89. The molecule has 224 valence electrons. The van der Waals surface area contributed by atoms with Crippen molar-refractivity contribution >= 4 is 12.0 Å². The van der Waals surface area contributed by atoms with E-state index in [9.17, 15) is 23.5 Å². The summed E-state index contributed by atoms with van der Waals surface area (Å²) < 4.78 is 45.6. The zero-order chi connectivity index (χ0) is 29.8. The first kappa shape index (κ1) is 30.6. The van der Waals surface area contributed by atoms with Crippen molar-refractivity contribution in [3.05, 3.63) is 59.2 Å². The van der Waals surface area contributed by atoms with Crippen LogP contribution in [0.5, 0.6) is 11.5 Å². The van der Waals surface area contributed by atoms with E-state index in [1.807, 2.05) is 63.2 Å². The van der Waals surface area contributed by atoms with Crippen LogP contribution in [0.1, 0.15) is 88.1 Å². The molecule has 10 heteroatoms. The fraction of sp³-hybridized carbons (Fsp3) is 0.548. The Morgan fingerprint density at radius 2 is 1.61 bits per heavy atom. The van der Waals surface area contributed by atoms with Gasteiger partial charge in [-0.3, -0.25) is 0 Å². The Balaban J connectivity index is 1.61. The van der Waals surface area contributed by atoms with E-state index < -0.39 is 42.3 Å². The first-order valence-corrected chi connectivity index (χ1v) is 14.3. The van der Waals surface area contributed by atoms with Crippen molar-refractivity contribution in [1.29, 1.82) is 0 Å². The molecule has 0 bridgehead atoms. The van der Waals surface area contributed by atoms with Gasteiger partial charge in [0.15, 0.2) is 5.54 Å². The monoisotopic (exact) mass is 574 g/mol. The maximum absolute atomic E-state index is 13.8. The molecule has 2 atom stereocenters. The number of nitrogens with zero attached hydrogens (tertiary/aromatic N) is 1. The Labute approximate surface area is 240 Å². The van der Waals surface area contributed by atoms with Gasteiger partial charge in [-0.1, -0.05) is 30.3 Å². The molecule has 4 rings (SSSR count). The smallest absolute Gasteiger partial charge is 0.329 e. The molecule has 2 aliphatic carbocycles. The van der Waals surface area contributed by atoms with E-state index in [0.29, 0.717) is 30.6 Å². The van der Waals surface area contributed by atoms with Crippen molar-refractivity contribution in [2.45, 2.75) is 82.9 Å². The number of carboxylic acid groups (broad SMARTS) is 1. The molecule has 2 aliphatic rings. The van der Waals surface area contributed by atoms with Crippen LogP contribution in [0, 0.1) is 0 Å². The number of benzene rings is 2. The first-order chi connectivity index (χ1) is 19.5. The van der Waals surface area contributed by atoms with E-state index in [1.54, 1.807) is 6.92 Å². The molecule has 0 aliphatic heterocycles. The molecule has 0 saturated heterocycles. The van der Waals surface area contributed by atoms with Gasteiger partial charge in [-0.25, -0.2) is 18.4 Å². The van der Waals surface area contributed by atoms with Gasteiger partial charge >= 0.3 is 12.0 Å². The van der Waals surface area contributed by atoms with E-state index in [0.717, 1.165) is 29.5 Å². The Kier molecular flexibility index (Phi) is 9.41. The molecule has 2 N–H and O–H groups in total. The lowest BCUT2D eigenvalue weighted by Gasteiger charge is -2.45. The summed E-state index contributed by atoms with van der Waals surface area (Å²) in [5, 5.41) is 12.1. The van der Waals surface area contributed by atoms with Gasteiger partial charge in [0.2, 0.25) is 0 Å². The van der Waals surface area contributed by atoms with E-state index >= 15 is 0 Å². The van der Waals surface area contributed by atoms with Crippen molar-refractivity contribution in [3.63, 3.8) is 0 Å². The highest BCUT2D eigenvalue weighted by molar-refractivity contribution is 5.88. The van der Waals surface area contributed by atoms with Gasteiger partial charge in [0.05, 0.1) is 32.0 Å². The lowest BCUT2D eigenvalue weighted by molar-refractivity contribution is -0.175. The van der Waals surface area contributed by atoms with Gasteiger partial charge in [0.25, 0.3) is 5.92 Å². The highest BCUT2D eigenvalue weighted by Gasteiger charge is 2.62. The third-order valence-corrected chi connectivity index (χ3v) is 7.77. The molecule has 0 heterocycles. The Morgan fingerprint density at radius 3 is 2.10 bits per heavy atom. The highest BCUT2D eigenvalue weighted by Crippen LogP contribution is 2.50. The van der Waals surface area contributed by atoms with Gasteiger partial charge < -0.3 is 29.5 Å². The molecule has 41 heavy (non-hydrogen) atoms. The summed E-state index contributed by atoms with van der Waals surface area (Å²) in [5.41, 5.74) is 0.675. The number of ether oxygens (including phenoxy) is 3. The number of alkyl halides is 2. The van der Waals surface area contributed by atoms with Crippen LogP contribution in [0.3, 0.4) is 0 Å². The topological polar surface area (TPSA) is 97.3 Å². The average Bonchev–Trinajstić information content (AvgIpc) is 3.75. The van der Waals surface area contributed by atoms with Crippen LogP contribution in [0.15, 0.2) is 42.5 Å². The number of carbonyl (C=O) groups is 2. The van der Waals surface area contributed by atoms with Crippen molar-refractivity contribution in [2.24, 2.45) is 0 Å². The number of amides is 2. The summed E-state index contributed by atoms with van der Waals surface area (Å²) in [7, 11) is 0. The molecule has 2 amide bonds. The molecule has 0 spiro atoms. The maximum Gasteiger partial charge on any atom is 0.329 e. The molecule has 8 nitrogen and oxygen atoms in total. The third-order valence-electron chi connectivity index (χ3n) is 7.77. The normalized spacial score (nSPS) is 18.5. The fourth-order valence-corrected chi connectivity index (χ4v) is 5.39. The predicted octanol–water partition coefficient (Wildman–Crippen LogP) is 6.46. The van der Waals surface area contributed by atoms with Gasteiger partial charge in [-0.05, 0) is 69.7 Å². The zero-order valence-electron chi connectivity index (χ0n) is 24.1. The van der Waals surface area contributed by atoms with Gasteiger partial charge in [0, 0.05) is 24.9 Å². The van der Waals surface area contributed by atoms with Gasteiger partial charge in [0.1, 0.15) is 11.5 Å². The summed E-state index contributed by atoms with van der Waals surface area (Å²) in [6.45, 7) is 8.64. The second-order valence-corrected chi connectivity index (χ2v) is 10.9. The number of halogens is 2. The van der Waals surface area contributed by atoms with Crippen molar-refractivity contribution in [3.8, 4) is 11.5 Å². The Morgan fingerprint density at radius 1 is 1.02 bits per heavy atom. The van der Waals surface area contributed by atoms with E-state index in [-0.39, 0.29) is 19.3 Å². The summed E-state index contributed by atoms with van der Waals surface area (Å²) in [4.78, 5) is 27.0. The van der Waals surface area contributed by atoms with Crippen LogP contribution in [0.2, 0.25) is 0 Å². The summed E-state index contributed by atoms with van der Waals surface area (Å²) >= 11 is 0. The van der Waals surface area contributed by atoms with Crippen LogP contribution >= 0.6 is 0 Å². The number of hydrogen-bond donors (Lipinski definition) is 2. The minimum atomic E-state index is -3.15. The van der Waals surface area contributed by atoms with Gasteiger partial charge in [-0.2, -0.15) is 0 Å². The van der Waals surface area contributed by atoms with Gasteiger partial charge in [-0.15, -0.1) is 0 Å². The number of aliphatic carboxylic acids is 1.